The van der Waals surface area contributed by atoms with Gasteiger partial charge in [0.05, 0.1) is 33.2 Å². The molecule has 20 rings (SSSR count). The number of rotatable bonds is 8. The van der Waals surface area contributed by atoms with Gasteiger partial charge in [0.2, 0.25) is 17.1 Å². The van der Waals surface area contributed by atoms with Gasteiger partial charge in [0, 0.05) is 79.2 Å². The summed E-state index contributed by atoms with van der Waals surface area (Å²) in [6.07, 6.45) is 16.7. The third-order valence-electron chi connectivity index (χ3n) is 22.6. The molecule has 114 heavy (non-hydrogen) atoms. The van der Waals surface area contributed by atoms with Gasteiger partial charge < -0.3 is 36.9 Å². The lowest BCUT2D eigenvalue weighted by Gasteiger charge is -2.26. The number of hydrogen-bond acceptors (Lipinski definition) is 11. The molecule has 0 bridgehead atoms. The molecule has 0 radical (unpaired) electrons. The summed E-state index contributed by atoms with van der Waals surface area (Å²) >= 11 is 0. The fourth-order valence-electron chi connectivity index (χ4n) is 16.6. The predicted molar refractivity (Wildman–Crippen MR) is 470 cm³/mol. The number of fused-ring (bicyclic) bond motifs is 12. The smallest absolute Gasteiger partial charge is 0.398 e. The lowest BCUT2D eigenvalue weighted by atomic mass is 9.55. The van der Waals surface area contributed by atoms with Crippen LogP contribution in [0, 0.1) is 41.5 Å². The van der Waals surface area contributed by atoms with Crippen LogP contribution in [0.1, 0.15) is 60.7 Å². The standard InChI is InChI=1S/2C24H23BN3O.C24H22BN2O.C23H21BN3O/c1-16-15-27(3)22(14-20(16)18-8-6-5-7-9-18)25-13-12-21-23(28(25)4)19-11-10-17(2)26-24(19)29-21;1-16-14-22(27(3)15-20(16)18-8-6-5-7-9-18)25-13-12-21-23(28(25)4)19-11-10-17(2)26-24(19)29-21;1-17-16-26(2)23(15-21(17)18-9-5-4-6-10-18)25-14-13-20-19-11-7-8-12-22(19)28-24(20)27(25)3;1-16-9-10-19-22-20(28-23(19)25-16)11-13-24(27(22)3)21-15-18(12-14-26(21)2)17-7-5-4-6-8-17/h2*5-15H,1-4H3;4-16H,1-3H3;4-15H,1-3H3/q4*+1/i;;1D3;. The predicted octanol–water partition coefficient (Wildman–Crippen LogP) is 15.3. The van der Waals surface area contributed by atoms with Gasteiger partial charge in [0.15, 0.2) is 70.3 Å². The van der Waals surface area contributed by atoms with E-state index in [1.54, 1.807) is 6.20 Å². The van der Waals surface area contributed by atoms with E-state index in [1.165, 1.54) is 61.3 Å². The van der Waals surface area contributed by atoms with Crippen LogP contribution < -0.4 is 59.9 Å². The van der Waals surface area contributed by atoms with Crippen molar-refractivity contribution in [2.24, 2.45) is 28.2 Å². The highest BCUT2D eigenvalue weighted by Crippen LogP contribution is 2.41. The first kappa shape index (κ1) is 69.9. The van der Waals surface area contributed by atoms with Gasteiger partial charge in [-0.15, -0.1) is 0 Å². The van der Waals surface area contributed by atoms with E-state index in [2.05, 4.69) is 304 Å². The molecule has 19 heteroatoms. The highest BCUT2D eigenvalue weighted by Gasteiger charge is 2.40. The molecule has 16 aromatic rings. The zero-order chi connectivity index (χ0) is 81.2. The minimum absolute atomic E-state index is 0.0915. The van der Waals surface area contributed by atoms with Crippen LogP contribution in [0.2, 0.25) is 0 Å². The Bertz CT molecular complexity index is 6640. The average Bonchev–Trinajstić information content (AvgIpc) is 1.66. The second-order valence-corrected chi connectivity index (χ2v) is 30.2. The maximum absolute atomic E-state index is 8.05. The molecule has 0 fully saturated rings. The van der Waals surface area contributed by atoms with Crippen molar-refractivity contribution in [3.63, 3.8) is 0 Å². The van der Waals surface area contributed by atoms with Gasteiger partial charge in [0.1, 0.15) is 33.8 Å². The number of furan rings is 4. The first-order valence-corrected chi connectivity index (χ1v) is 38.6. The van der Waals surface area contributed by atoms with Crippen LogP contribution in [0.3, 0.4) is 0 Å². The van der Waals surface area contributed by atoms with E-state index in [1.807, 2.05) is 118 Å². The molecule has 15 nitrogen and oxygen atoms in total. The summed E-state index contributed by atoms with van der Waals surface area (Å²) in [5, 5.41) is 4.26. The zero-order valence-electron chi connectivity index (χ0n) is 69.5. The van der Waals surface area contributed by atoms with Crippen LogP contribution in [0.25, 0.3) is 113 Å². The monoisotopic (exact) mass is 1490 g/mol. The van der Waals surface area contributed by atoms with Gasteiger partial charge in [-0.05, 0) is 175 Å². The molecule has 11 aromatic heterocycles. The van der Waals surface area contributed by atoms with Gasteiger partial charge in [-0.1, -0.05) is 170 Å². The van der Waals surface area contributed by atoms with Crippen molar-refractivity contribution < 1.29 is 40.0 Å². The van der Waals surface area contributed by atoms with Crippen LogP contribution in [0.15, 0.2) is 279 Å². The fourth-order valence-corrected chi connectivity index (χ4v) is 16.6. The summed E-state index contributed by atoms with van der Waals surface area (Å²) in [6.45, 7) is 8.36. The minimum Gasteiger partial charge on any atom is -0.441 e. The molecular weight excluding hydrogens is 1400 g/mol. The highest BCUT2D eigenvalue weighted by atomic mass is 16.4. The van der Waals surface area contributed by atoms with E-state index in [9.17, 15) is 0 Å². The highest BCUT2D eigenvalue weighted by molar-refractivity contribution is 6.82. The lowest BCUT2D eigenvalue weighted by Crippen LogP contribution is -2.60. The number of hydrogen-bond donors (Lipinski definition) is 0. The van der Waals surface area contributed by atoms with E-state index in [-0.39, 0.29) is 27.4 Å². The summed E-state index contributed by atoms with van der Waals surface area (Å²) in [5.41, 5.74) is 26.8. The lowest BCUT2D eigenvalue weighted by molar-refractivity contribution is -0.654. The summed E-state index contributed by atoms with van der Waals surface area (Å²) < 4.78 is 56.9. The molecule has 0 amide bonds. The molecule has 0 spiro atoms. The van der Waals surface area contributed by atoms with Gasteiger partial charge in [-0.25, -0.2) is 33.2 Å². The molecule has 4 aliphatic rings. The van der Waals surface area contributed by atoms with E-state index in [4.69, 9.17) is 21.8 Å². The first-order valence-electron chi connectivity index (χ1n) is 40.1. The summed E-state index contributed by atoms with van der Waals surface area (Å²) in [7, 11) is 16.6. The Morgan fingerprint density at radius 1 is 0.333 bits per heavy atom. The van der Waals surface area contributed by atoms with Crippen molar-refractivity contribution >= 4 is 141 Å². The number of para-hydroxylation sites is 1. The average molecular weight is 1500 g/mol. The van der Waals surface area contributed by atoms with E-state index < -0.39 is 6.85 Å². The third-order valence-corrected chi connectivity index (χ3v) is 22.6. The second-order valence-electron chi connectivity index (χ2n) is 30.2. The molecule has 0 atom stereocenters. The van der Waals surface area contributed by atoms with E-state index in [0.717, 1.165) is 107 Å². The van der Waals surface area contributed by atoms with Crippen LogP contribution in [0.5, 0.6) is 0 Å². The Balaban J connectivity index is 0.000000112. The Morgan fingerprint density at radius 3 is 1.19 bits per heavy atom. The molecule has 0 aliphatic carbocycles. The van der Waals surface area contributed by atoms with Crippen LogP contribution in [-0.4, -0.2) is 70.5 Å². The van der Waals surface area contributed by atoms with Crippen molar-refractivity contribution in [3.8, 4) is 44.5 Å². The maximum Gasteiger partial charge on any atom is 0.398 e. The summed E-state index contributed by atoms with van der Waals surface area (Å²) in [4.78, 5) is 22.6. The molecular formula is C95H89B4N11O4+4. The quantitative estimate of drug-likeness (QED) is 0.107. The Morgan fingerprint density at radius 2 is 0.719 bits per heavy atom. The van der Waals surface area contributed by atoms with E-state index >= 15 is 0 Å². The zero-order valence-corrected chi connectivity index (χ0v) is 66.5. The molecule has 0 saturated heterocycles. The molecule has 556 valence electrons. The van der Waals surface area contributed by atoms with Crippen molar-refractivity contribution in [1.29, 1.82) is 0 Å². The summed E-state index contributed by atoms with van der Waals surface area (Å²) in [6, 6.07) is 72.8. The summed E-state index contributed by atoms with van der Waals surface area (Å²) in [5.74, 6) is 12.2. The van der Waals surface area contributed by atoms with Crippen LogP contribution >= 0.6 is 0 Å². The Kier molecular flexibility index (Phi) is 18.7. The number of benzene rings is 5. The molecule has 4 aliphatic heterocycles. The topological polar surface area (TPSA) is 120 Å². The normalized spacial score (nSPS) is 13.7. The first-order chi connectivity index (χ1) is 56.5. The number of anilines is 4. The van der Waals surface area contributed by atoms with Gasteiger partial charge >= 0.3 is 27.4 Å². The van der Waals surface area contributed by atoms with Gasteiger partial charge in [-0.3, -0.25) is 0 Å². The minimum atomic E-state index is -2.21. The molecule has 0 saturated carbocycles. The maximum atomic E-state index is 8.05. The Hall–Kier alpha value is -13.3. The number of pyridine rings is 7. The molecule has 0 N–H and O–H groups in total. The van der Waals surface area contributed by atoms with Crippen molar-refractivity contribution in [3.05, 3.63) is 318 Å². The number of aromatic nitrogens is 7. The Labute approximate surface area is 671 Å². The van der Waals surface area contributed by atoms with Crippen LogP contribution in [-0.2, 0) is 28.2 Å². The van der Waals surface area contributed by atoms with E-state index in [0.29, 0.717) is 22.7 Å². The molecule has 15 heterocycles. The largest absolute Gasteiger partial charge is 0.441 e. The number of nitrogens with zero attached hydrogens (tertiary/aromatic N) is 11. The fraction of sp³-hybridized carbons (Fsp3) is 0.147. The van der Waals surface area contributed by atoms with Crippen molar-refractivity contribution in [1.82, 2.24) is 15.0 Å². The SMILES string of the molecule is Cc1ccc2c3c(oc2n1)C=CB(c1cc(-c2ccccc2)c(C)c[n+]1C)N3C.Cc1ccc2c3c(oc2n1)C=CB(c1cc(-c2ccccc2)cc[n+]1C)N3C.Cc1ccc2c3c(oc2n1)C=CB(c1cc(C)c(-c2ccccc2)c[n+]1C)N3C.[2H]C([2H])([2H])c1c[n+](C)c(B2C=Cc3c(oc4ccccc34)N2C)cc1-c1ccccc1. The van der Waals surface area contributed by atoms with Crippen molar-refractivity contribution in [2.75, 3.05) is 47.4 Å². The molecule has 0 unspecified atom stereocenters. The third kappa shape index (κ3) is 13.8. The van der Waals surface area contributed by atoms with Gasteiger partial charge in [0.25, 0.3) is 0 Å². The second kappa shape index (κ2) is 30.4. The molecule has 5 aromatic carbocycles. The van der Waals surface area contributed by atoms with Crippen LogP contribution in [0.4, 0.5) is 22.9 Å². The number of aryl methyl sites for hydroxylation is 10. The van der Waals surface area contributed by atoms with Gasteiger partial charge in [-0.2, -0.15) is 0 Å². The van der Waals surface area contributed by atoms with Crippen molar-refractivity contribution in [2.45, 2.75) is 41.5 Å².